The number of thiazole rings is 1. The number of aromatic nitrogens is 1. The molecule has 0 amide bonds. The minimum absolute atomic E-state index is 0.497. The minimum Gasteiger partial charge on any atom is -0.494 e. The fourth-order valence-corrected chi connectivity index (χ4v) is 3.05. The van der Waals surface area contributed by atoms with Crippen LogP contribution in [-0.4, -0.2) is 18.7 Å². The van der Waals surface area contributed by atoms with Crippen molar-refractivity contribution in [2.24, 2.45) is 0 Å². The van der Waals surface area contributed by atoms with Crippen LogP contribution in [0.15, 0.2) is 29.6 Å². The Morgan fingerprint density at radius 1 is 1.29 bits per heavy atom. The van der Waals surface area contributed by atoms with Gasteiger partial charge in [-0.05, 0) is 37.0 Å². The lowest BCUT2D eigenvalue weighted by atomic mass is 10.2. The van der Waals surface area contributed by atoms with Gasteiger partial charge in [-0.3, -0.25) is 0 Å². The summed E-state index contributed by atoms with van der Waals surface area (Å²) < 4.78 is 10.9. The van der Waals surface area contributed by atoms with Gasteiger partial charge in [-0.2, -0.15) is 0 Å². The van der Waals surface area contributed by atoms with E-state index in [0.29, 0.717) is 12.5 Å². The number of hydrogen-bond acceptors (Lipinski definition) is 4. The van der Waals surface area contributed by atoms with Gasteiger partial charge in [-0.15, -0.1) is 22.9 Å². The third-order valence-electron chi connectivity index (χ3n) is 3.00. The summed E-state index contributed by atoms with van der Waals surface area (Å²) in [6.07, 6.45) is 3.09. The molecule has 1 aromatic heterocycles. The van der Waals surface area contributed by atoms with E-state index >= 15 is 0 Å². The molecule has 0 aliphatic heterocycles. The number of ether oxygens (including phenoxy) is 2. The van der Waals surface area contributed by atoms with Gasteiger partial charge in [0.05, 0.1) is 29.8 Å². The summed E-state index contributed by atoms with van der Waals surface area (Å²) in [5.41, 5.74) is 2.11. The molecule has 1 heterocycles. The highest BCUT2D eigenvalue weighted by atomic mass is 35.5. The molecule has 0 N–H and O–H groups in total. The van der Waals surface area contributed by atoms with Gasteiger partial charge in [-0.1, -0.05) is 12.1 Å². The van der Waals surface area contributed by atoms with Crippen molar-refractivity contribution in [3.8, 4) is 5.75 Å². The van der Waals surface area contributed by atoms with Crippen LogP contribution in [0.4, 0.5) is 0 Å². The Morgan fingerprint density at radius 2 is 2.19 bits per heavy atom. The first-order valence-corrected chi connectivity index (χ1v) is 8.43. The molecule has 0 bridgehead atoms. The van der Waals surface area contributed by atoms with Crippen LogP contribution in [0.5, 0.6) is 5.75 Å². The SMILES string of the molecule is COCc1cccc(OCCCCc2nc(CCl)cs2)c1. The van der Waals surface area contributed by atoms with Crippen molar-refractivity contribution in [1.82, 2.24) is 4.98 Å². The number of hydrogen-bond donors (Lipinski definition) is 0. The zero-order valence-electron chi connectivity index (χ0n) is 12.2. The van der Waals surface area contributed by atoms with Crippen molar-refractivity contribution in [2.75, 3.05) is 13.7 Å². The van der Waals surface area contributed by atoms with Gasteiger partial charge >= 0.3 is 0 Å². The Labute approximate surface area is 134 Å². The second kappa shape index (κ2) is 9.03. The Morgan fingerprint density at radius 3 is 2.95 bits per heavy atom. The second-order valence-corrected chi connectivity index (χ2v) is 5.96. The molecule has 0 saturated carbocycles. The fourth-order valence-electron chi connectivity index (χ4n) is 1.99. The smallest absolute Gasteiger partial charge is 0.119 e. The van der Waals surface area contributed by atoms with Crippen LogP contribution in [0.25, 0.3) is 0 Å². The van der Waals surface area contributed by atoms with E-state index < -0.39 is 0 Å². The Bertz CT molecular complexity index is 545. The fraction of sp³-hybridized carbons (Fsp3) is 0.438. The van der Waals surface area contributed by atoms with E-state index in [9.17, 15) is 0 Å². The molecule has 0 spiro atoms. The highest BCUT2D eigenvalue weighted by Crippen LogP contribution is 2.16. The quantitative estimate of drug-likeness (QED) is 0.505. The van der Waals surface area contributed by atoms with Crippen LogP contribution < -0.4 is 4.74 Å². The lowest BCUT2D eigenvalue weighted by Crippen LogP contribution is -1.99. The minimum atomic E-state index is 0.497. The van der Waals surface area contributed by atoms with Crippen LogP contribution in [-0.2, 0) is 23.6 Å². The van der Waals surface area contributed by atoms with E-state index in [1.54, 1.807) is 18.4 Å². The number of benzene rings is 1. The Hall–Kier alpha value is -1.10. The highest BCUT2D eigenvalue weighted by Gasteiger charge is 2.01. The molecule has 0 fully saturated rings. The summed E-state index contributed by atoms with van der Waals surface area (Å²) >= 11 is 7.43. The third-order valence-corrected chi connectivity index (χ3v) is 4.23. The third kappa shape index (κ3) is 5.65. The molecule has 5 heteroatoms. The van der Waals surface area contributed by atoms with Gasteiger partial charge in [0.1, 0.15) is 5.75 Å². The van der Waals surface area contributed by atoms with Crippen LogP contribution in [0.1, 0.15) is 29.1 Å². The van der Waals surface area contributed by atoms with Crippen molar-refractivity contribution < 1.29 is 9.47 Å². The first-order valence-electron chi connectivity index (χ1n) is 7.01. The molecular formula is C16H20ClNO2S. The first kappa shape index (κ1) is 16.3. The topological polar surface area (TPSA) is 31.4 Å². The van der Waals surface area contributed by atoms with Gasteiger partial charge < -0.3 is 9.47 Å². The maximum absolute atomic E-state index is 5.76. The van der Waals surface area contributed by atoms with Crippen LogP contribution in [0, 0.1) is 0 Å². The zero-order valence-corrected chi connectivity index (χ0v) is 13.8. The van der Waals surface area contributed by atoms with Crippen LogP contribution in [0.2, 0.25) is 0 Å². The molecule has 0 atom stereocenters. The van der Waals surface area contributed by atoms with Gasteiger partial charge in [0.2, 0.25) is 0 Å². The monoisotopic (exact) mass is 325 g/mol. The van der Waals surface area contributed by atoms with Crippen LogP contribution in [0.3, 0.4) is 0 Å². The second-order valence-electron chi connectivity index (χ2n) is 4.75. The number of methoxy groups -OCH3 is 1. The largest absolute Gasteiger partial charge is 0.494 e. The van der Waals surface area contributed by atoms with Crippen molar-refractivity contribution in [3.05, 3.63) is 45.9 Å². The van der Waals surface area contributed by atoms with Gasteiger partial charge in [0.25, 0.3) is 0 Å². The van der Waals surface area contributed by atoms with Crippen molar-refractivity contribution in [3.63, 3.8) is 0 Å². The molecular weight excluding hydrogens is 306 g/mol. The van der Waals surface area contributed by atoms with Crippen molar-refractivity contribution >= 4 is 22.9 Å². The molecule has 21 heavy (non-hydrogen) atoms. The molecule has 0 aliphatic rings. The van der Waals surface area contributed by atoms with E-state index in [2.05, 4.69) is 4.98 Å². The normalized spacial score (nSPS) is 10.8. The van der Waals surface area contributed by atoms with Crippen LogP contribution >= 0.6 is 22.9 Å². The number of rotatable bonds is 9. The maximum atomic E-state index is 5.76. The lowest BCUT2D eigenvalue weighted by molar-refractivity contribution is 0.184. The number of unbranched alkanes of at least 4 members (excludes halogenated alkanes) is 1. The standard InChI is InChI=1S/C16H20ClNO2S/c1-19-11-13-5-4-6-15(9-13)20-8-3-2-7-16-18-14(10-17)12-21-16/h4-6,9,12H,2-3,7-8,10-11H2,1H3. The highest BCUT2D eigenvalue weighted by molar-refractivity contribution is 7.09. The van der Waals surface area contributed by atoms with Crippen molar-refractivity contribution in [2.45, 2.75) is 31.7 Å². The van der Waals surface area contributed by atoms with E-state index in [4.69, 9.17) is 21.1 Å². The lowest BCUT2D eigenvalue weighted by Gasteiger charge is -2.07. The summed E-state index contributed by atoms with van der Waals surface area (Å²) in [6.45, 7) is 1.34. The first-order chi connectivity index (χ1) is 10.3. The molecule has 0 unspecified atom stereocenters. The average molecular weight is 326 g/mol. The molecule has 1 aromatic carbocycles. The summed E-state index contributed by atoms with van der Waals surface area (Å²) in [6, 6.07) is 8.03. The summed E-state index contributed by atoms with van der Waals surface area (Å²) in [5, 5.41) is 3.19. The molecule has 2 rings (SSSR count). The van der Waals surface area contributed by atoms with Gasteiger partial charge in [0, 0.05) is 12.5 Å². The molecule has 3 nitrogen and oxygen atoms in total. The Balaban J connectivity index is 1.66. The average Bonchev–Trinajstić information content (AvgIpc) is 2.96. The number of nitrogens with zero attached hydrogens (tertiary/aromatic N) is 1. The van der Waals surface area contributed by atoms with E-state index in [0.717, 1.165) is 47.9 Å². The summed E-state index contributed by atoms with van der Waals surface area (Å²) in [7, 11) is 1.70. The predicted octanol–water partition coefficient (Wildman–Crippen LogP) is 4.43. The van der Waals surface area contributed by atoms with E-state index in [1.807, 2.05) is 29.6 Å². The predicted molar refractivity (Wildman–Crippen MR) is 87.3 cm³/mol. The molecule has 0 saturated heterocycles. The van der Waals surface area contributed by atoms with Gasteiger partial charge in [0.15, 0.2) is 0 Å². The summed E-state index contributed by atoms with van der Waals surface area (Å²) in [4.78, 5) is 4.45. The number of halogens is 1. The zero-order chi connectivity index (χ0) is 14.9. The number of aryl methyl sites for hydroxylation is 1. The van der Waals surface area contributed by atoms with Gasteiger partial charge in [-0.25, -0.2) is 4.98 Å². The molecule has 0 radical (unpaired) electrons. The molecule has 0 aliphatic carbocycles. The maximum Gasteiger partial charge on any atom is 0.119 e. The van der Waals surface area contributed by atoms with E-state index in [-0.39, 0.29) is 0 Å². The molecule has 114 valence electrons. The molecule has 2 aromatic rings. The Kier molecular flexibility index (Phi) is 7.00. The number of alkyl halides is 1. The van der Waals surface area contributed by atoms with E-state index in [1.165, 1.54) is 0 Å². The van der Waals surface area contributed by atoms with Crippen molar-refractivity contribution in [1.29, 1.82) is 0 Å². The summed E-state index contributed by atoms with van der Waals surface area (Å²) in [5.74, 6) is 1.40.